The minimum Gasteiger partial charge on any atom is -0.480 e. The maximum absolute atomic E-state index is 11.2. The van der Waals surface area contributed by atoms with Gasteiger partial charge in [0.2, 0.25) is 5.91 Å². The third kappa shape index (κ3) is 2.62. The number of carbonyl (C=O) groups excluding carboxylic acids is 1. The zero-order chi connectivity index (χ0) is 12.4. The van der Waals surface area contributed by atoms with Gasteiger partial charge in [-0.05, 0) is 30.0 Å². The van der Waals surface area contributed by atoms with Gasteiger partial charge in [0.25, 0.3) is 0 Å². The highest BCUT2D eigenvalue weighted by Gasteiger charge is 2.18. The molecule has 1 amide bonds. The number of nitrogens with one attached hydrogen (secondary N) is 1. The molecule has 1 aliphatic heterocycles. The van der Waals surface area contributed by atoms with Crippen molar-refractivity contribution in [3.8, 4) is 0 Å². The van der Waals surface area contributed by atoms with E-state index in [1.54, 1.807) is 0 Å². The molecule has 0 saturated heterocycles. The minimum absolute atomic E-state index is 0.000567. The van der Waals surface area contributed by atoms with E-state index in [-0.39, 0.29) is 5.91 Å². The van der Waals surface area contributed by atoms with Crippen molar-refractivity contribution >= 4 is 17.6 Å². The molecule has 0 aliphatic carbocycles. The van der Waals surface area contributed by atoms with Crippen molar-refractivity contribution in [3.63, 3.8) is 0 Å². The van der Waals surface area contributed by atoms with Crippen molar-refractivity contribution in [2.45, 2.75) is 25.3 Å². The van der Waals surface area contributed by atoms with E-state index in [0.717, 1.165) is 16.8 Å². The molecule has 0 bridgehead atoms. The number of benzene rings is 1. The molecule has 4 N–H and O–H groups in total. The third-order valence-corrected chi connectivity index (χ3v) is 2.86. The van der Waals surface area contributed by atoms with Crippen molar-refractivity contribution in [2.24, 2.45) is 5.73 Å². The van der Waals surface area contributed by atoms with E-state index in [0.29, 0.717) is 19.3 Å². The molecule has 0 spiro atoms. The zero-order valence-corrected chi connectivity index (χ0v) is 9.27. The van der Waals surface area contributed by atoms with Crippen LogP contribution < -0.4 is 11.1 Å². The first kappa shape index (κ1) is 11.6. The van der Waals surface area contributed by atoms with Crippen LogP contribution in [0.4, 0.5) is 5.69 Å². The van der Waals surface area contributed by atoms with Gasteiger partial charge in [0, 0.05) is 5.69 Å². The summed E-state index contributed by atoms with van der Waals surface area (Å²) in [5.41, 5.74) is 8.26. The summed E-state index contributed by atoms with van der Waals surface area (Å²) in [5.74, 6) is -0.984. The lowest BCUT2D eigenvalue weighted by Gasteiger charge is -2.07. The van der Waals surface area contributed by atoms with Gasteiger partial charge in [-0.15, -0.1) is 0 Å². The third-order valence-electron chi connectivity index (χ3n) is 2.86. The maximum atomic E-state index is 11.2. The summed E-state index contributed by atoms with van der Waals surface area (Å²) in [5, 5.41) is 11.4. The lowest BCUT2D eigenvalue weighted by atomic mass is 10.0. The molecule has 1 aromatic rings. The van der Waals surface area contributed by atoms with Crippen LogP contribution in [0, 0.1) is 0 Å². The second-order valence-corrected chi connectivity index (χ2v) is 4.20. The fourth-order valence-electron chi connectivity index (χ4n) is 1.88. The maximum Gasteiger partial charge on any atom is 0.320 e. The molecule has 0 unspecified atom stereocenters. The number of rotatable bonds is 4. The molecular weight excluding hydrogens is 220 g/mol. The van der Waals surface area contributed by atoms with E-state index in [9.17, 15) is 9.59 Å². The smallest absolute Gasteiger partial charge is 0.320 e. The first-order chi connectivity index (χ1) is 8.06. The molecule has 5 heteroatoms. The number of aryl methyl sites for hydroxylation is 1. The van der Waals surface area contributed by atoms with Gasteiger partial charge in [-0.1, -0.05) is 12.1 Å². The lowest BCUT2D eigenvalue weighted by Crippen LogP contribution is -2.30. The van der Waals surface area contributed by atoms with Crippen LogP contribution in [0.1, 0.15) is 17.5 Å². The van der Waals surface area contributed by atoms with Crippen LogP contribution in [0.25, 0.3) is 0 Å². The SMILES string of the molecule is N[C@H](CCc1ccc2c(c1)CC(=O)N2)C(=O)O. The van der Waals surface area contributed by atoms with Gasteiger partial charge in [-0.3, -0.25) is 9.59 Å². The Morgan fingerprint density at radius 3 is 3.00 bits per heavy atom. The molecule has 0 radical (unpaired) electrons. The predicted octanol–water partition coefficient (Wildman–Crippen LogP) is 0.526. The first-order valence-corrected chi connectivity index (χ1v) is 5.46. The molecule has 1 aromatic carbocycles. The number of carboxylic acids is 1. The average molecular weight is 234 g/mol. The molecule has 1 heterocycles. The summed E-state index contributed by atoms with van der Waals surface area (Å²) in [6.07, 6.45) is 1.40. The summed E-state index contributed by atoms with van der Waals surface area (Å²) < 4.78 is 0. The van der Waals surface area contributed by atoms with Gasteiger partial charge >= 0.3 is 5.97 Å². The molecular formula is C12H14N2O3. The van der Waals surface area contributed by atoms with Crippen molar-refractivity contribution in [1.82, 2.24) is 0 Å². The molecule has 0 aromatic heterocycles. The van der Waals surface area contributed by atoms with Crippen LogP contribution in [-0.2, 0) is 22.4 Å². The Hall–Kier alpha value is -1.88. The van der Waals surface area contributed by atoms with Crippen molar-refractivity contribution < 1.29 is 14.7 Å². The topological polar surface area (TPSA) is 92.4 Å². The van der Waals surface area contributed by atoms with Gasteiger partial charge in [0.1, 0.15) is 6.04 Å². The van der Waals surface area contributed by atoms with Crippen molar-refractivity contribution in [1.29, 1.82) is 0 Å². The Kier molecular flexibility index (Phi) is 3.10. The van der Waals surface area contributed by atoms with E-state index in [1.165, 1.54) is 0 Å². The van der Waals surface area contributed by atoms with Gasteiger partial charge < -0.3 is 16.2 Å². The van der Waals surface area contributed by atoms with Gasteiger partial charge in [0.05, 0.1) is 6.42 Å². The summed E-state index contributed by atoms with van der Waals surface area (Å²) in [6.45, 7) is 0. The summed E-state index contributed by atoms with van der Waals surface area (Å²) in [7, 11) is 0. The van der Waals surface area contributed by atoms with E-state index in [2.05, 4.69) is 5.32 Å². The Morgan fingerprint density at radius 1 is 1.53 bits per heavy atom. The van der Waals surface area contributed by atoms with Gasteiger partial charge in [0.15, 0.2) is 0 Å². The van der Waals surface area contributed by atoms with Crippen LogP contribution in [-0.4, -0.2) is 23.0 Å². The minimum atomic E-state index is -0.983. The highest BCUT2D eigenvalue weighted by atomic mass is 16.4. The number of amides is 1. The van der Waals surface area contributed by atoms with Gasteiger partial charge in [-0.2, -0.15) is 0 Å². The highest BCUT2D eigenvalue weighted by molar-refractivity contribution is 5.99. The standard InChI is InChI=1S/C12H14N2O3/c13-9(12(16)17)3-1-7-2-4-10-8(5-7)6-11(15)14-10/h2,4-5,9H,1,3,6,13H2,(H,14,15)(H,16,17)/t9-/m1/s1. The van der Waals surface area contributed by atoms with Gasteiger partial charge in [-0.25, -0.2) is 0 Å². The van der Waals surface area contributed by atoms with Crippen molar-refractivity contribution in [3.05, 3.63) is 29.3 Å². The normalized spacial score (nSPS) is 15.2. The molecule has 0 saturated carbocycles. The second-order valence-electron chi connectivity index (χ2n) is 4.20. The number of nitrogens with two attached hydrogens (primary N) is 1. The molecule has 17 heavy (non-hydrogen) atoms. The number of anilines is 1. The number of carbonyl (C=O) groups is 2. The first-order valence-electron chi connectivity index (χ1n) is 5.46. The van der Waals surface area contributed by atoms with E-state index >= 15 is 0 Å². The summed E-state index contributed by atoms with van der Waals surface area (Å²) >= 11 is 0. The van der Waals surface area contributed by atoms with Crippen LogP contribution >= 0.6 is 0 Å². The Balaban J connectivity index is 2.02. The van der Waals surface area contributed by atoms with E-state index in [1.807, 2.05) is 18.2 Å². The van der Waals surface area contributed by atoms with Crippen LogP contribution in [0.2, 0.25) is 0 Å². The van der Waals surface area contributed by atoms with E-state index < -0.39 is 12.0 Å². The largest absolute Gasteiger partial charge is 0.480 e. The monoisotopic (exact) mass is 234 g/mol. The lowest BCUT2D eigenvalue weighted by molar-refractivity contribution is -0.138. The fraction of sp³-hybridized carbons (Fsp3) is 0.333. The van der Waals surface area contributed by atoms with Crippen LogP contribution in [0.15, 0.2) is 18.2 Å². The highest BCUT2D eigenvalue weighted by Crippen LogP contribution is 2.24. The zero-order valence-electron chi connectivity index (χ0n) is 9.27. The molecule has 90 valence electrons. The quantitative estimate of drug-likeness (QED) is 0.708. The summed E-state index contributed by atoms with van der Waals surface area (Å²) in [6, 6.07) is 4.84. The molecule has 5 nitrogen and oxygen atoms in total. The van der Waals surface area contributed by atoms with Crippen LogP contribution in [0.5, 0.6) is 0 Å². The molecule has 1 aliphatic rings. The molecule has 2 rings (SSSR count). The summed E-state index contributed by atoms with van der Waals surface area (Å²) in [4.78, 5) is 21.7. The Labute approximate surface area is 98.6 Å². The molecule has 1 atom stereocenters. The average Bonchev–Trinajstić information content (AvgIpc) is 2.64. The molecule has 0 fully saturated rings. The fourth-order valence-corrected chi connectivity index (χ4v) is 1.88. The predicted molar refractivity (Wildman–Crippen MR) is 62.7 cm³/mol. The van der Waals surface area contributed by atoms with Crippen LogP contribution in [0.3, 0.4) is 0 Å². The number of aliphatic carboxylic acids is 1. The van der Waals surface area contributed by atoms with Crippen molar-refractivity contribution in [2.75, 3.05) is 5.32 Å². The number of hydrogen-bond acceptors (Lipinski definition) is 3. The second kappa shape index (κ2) is 4.55. The Morgan fingerprint density at radius 2 is 2.29 bits per heavy atom. The van der Waals surface area contributed by atoms with E-state index in [4.69, 9.17) is 10.8 Å². The number of fused-ring (bicyclic) bond motifs is 1. The Bertz CT molecular complexity index is 471. The number of carboxylic acid groups (broad SMARTS) is 1. The number of hydrogen-bond donors (Lipinski definition) is 3.